The van der Waals surface area contributed by atoms with E-state index in [-0.39, 0.29) is 11.8 Å². The quantitative estimate of drug-likeness (QED) is 0.470. The molecule has 0 saturated carbocycles. The summed E-state index contributed by atoms with van der Waals surface area (Å²) in [5, 5.41) is 10.7. The van der Waals surface area contributed by atoms with Crippen LogP contribution in [0.2, 0.25) is 0 Å². The Morgan fingerprint density at radius 2 is 1.07 bits per heavy atom. The predicted octanol–water partition coefficient (Wildman–Crippen LogP) is 2.69. The first-order valence-corrected chi connectivity index (χ1v) is 9.11. The number of hydrogen-bond acceptors (Lipinski definition) is 6. The number of hydrazone groups is 2. The third-order valence-corrected chi connectivity index (χ3v) is 4.05. The van der Waals surface area contributed by atoms with Crippen molar-refractivity contribution in [2.24, 2.45) is 10.2 Å². The van der Waals surface area contributed by atoms with Gasteiger partial charge >= 0.3 is 0 Å². The number of carbonyl (C=O) groups excluding carboxylic acids is 2. The highest BCUT2D eigenvalue weighted by molar-refractivity contribution is 5.95. The number of amides is 2. The van der Waals surface area contributed by atoms with Crippen LogP contribution in [0.1, 0.15) is 32.1 Å². The molecule has 3 aromatic rings. The summed E-state index contributed by atoms with van der Waals surface area (Å²) in [5.41, 5.74) is 2.05. The number of rotatable bonds is 6. The molecular formula is C22H20N6O2. The SMILES string of the molecule is CN(/N=C/c1cnc(/C=N/N(C)C(=O)c2ccccc2)cn1)C(=O)c1ccccc1. The fraction of sp³-hybridized carbons (Fsp3) is 0.0909. The number of benzene rings is 2. The molecule has 0 radical (unpaired) electrons. The van der Waals surface area contributed by atoms with Crippen LogP contribution in [-0.4, -0.2) is 58.3 Å². The van der Waals surface area contributed by atoms with Crippen LogP contribution in [-0.2, 0) is 0 Å². The number of nitrogens with zero attached hydrogens (tertiary/aromatic N) is 6. The van der Waals surface area contributed by atoms with Gasteiger partial charge in [0.25, 0.3) is 11.8 Å². The molecular weight excluding hydrogens is 380 g/mol. The average molecular weight is 400 g/mol. The van der Waals surface area contributed by atoms with Gasteiger partial charge in [-0.25, -0.2) is 10.0 Å². The van der Waals surface area contributed by atoms with Gasteiger partial charge in [0.1, 0.15) is 11.4 Å². The molecule has 0 N–H and O–H groups in total. The molecule has 1 aromatic heterocycles. The fourth-order valence-electron chi connectivity index (χ4n) is 2.41. The minimum Gasteiger partial charge on any atom is -0.267 e. The summed E-state index contributed by atoms with van der Waals surface area (Å²) in [6, 6.07) is 17.8. The van der Waals surface area contributed by atoms with Crippen LogP contribution < -0.4 is 0 Å². The largest absolute Gasteiger partial charge is 0.273 e. The summed E-state index contributed by atoms with van der Waals surface area (Å²) in [6.45, 7) is 0. The molecule has 1 heterocycles. The van der Waals surface area contributed by atoms with Crippen molar-refractivity contribution in [3.8, 4) is 0 Å². The highest BCUT2D eigenvalue weighted by Crippen LogP contribution is 2.04. The van der Waals surface area contributed by atoms with E-state index in [4.69, 9.17) is 0 Å². The Hall–Kier alpha value is -4.20. The van der Waals surface area contributed by atoms with Crippen molar-refractivity contribution in [2.75, 3.05) is 14.1 Å². The molecule has 0 fully saturated rings. The van der Waals surface area contributed by atoms with Gasteiger partial charge in [0, 0.05) is 25.2 Å². The van der Waals surface area contributed by atoms with Crippen molar-refractivity contribution in [1.82, 2.24) is 20.0 Å². The zero-order valence-corrected chi connectivity index (χ0v) is 16.6. The Labute approximate surface area is 174 Å². The smallest absolute Gasteiger partial charge is 0.267 e. The second-order valence-corrected chi connectivity index (χ2v) is 6.24. The van der Waals surface area contributed by atoms with E-state index >= 15 is 0 Å². The summed E-state index contributed by atoms with van der Waals surface area (Å²) >= 11 is 0. The van der Waals surface area contributed by atoms with Crippen molar-refractivity contribution in [3.05, 3.63) is 95.6 Å². The average Bonchev–Trinajstić information content (AvgIpc) is 2.81. The molecule has 0 aliphatic carbocycles. The zero-order valence-electron chi connectivity index (χ0n) is 16.6. The normalized spacial score (nSPS) is 11.0. The van der Waals surface area contributed by atoms with Crippen molar-refractivity contribution in [3.63, 3.8) is 0 Å². The fourth-order valence-corrected chi connectivity index (χ4v) is 2.41. The van der Waals surface area contributed by atoms with Crippen LogP contribution >= 0.6 is 0 Å². The van der Waals surface area contributed by atoms with E-state index < -0.39 is 0 Å². The van der Waals surface area contributed by atoms with Crippen LogP contribution in [0, 0.1) is 0 Å². The van der Waals surface area contributed by atoms with Gasteiger partial charge in [0.05, 0.1) is 24.8 Å². The maximum Gasteiger partial charge on any atom is 0.273 e. The highest BCUT2D eigenvalue weighted by Gasteiger charge is 2.10. The van der Waals surface area contributed by atoms with Crippen LogP contribution in [0.4, 0.5) is 0 Å². The Kier molecular flexibility index (Phi) is 6.73. The number of carbonyl (C=O) groups is 2. The second-order valence-electron chi connectivity index (χ2n) is 6.24. The Morgan fingerprint density at radius 1 is 0.700 bits per heavy atom. The molecule has 30 heavy (non-hydrogen) atoms. The molecule has 0 spiro atoms. The monoisotopic (exact) mass is 400 g/mol. The summed E-state index contributed by atoms with van der Waals surface area (Å²) in [5.74, 6) is -0.454. The van der Waals surface area contributed by atoms with E-state index in [2.05, 4.69) is 20.2 Å². The highest BCUT2D eigenvalue weighted by atomic mass is 16.2. The minimum atomic E-state index is -0.227. The standard InChI is InChI=1S/C22H20N6O2/c1-27(21(29)17-9-5-3-6-10-17)25-15-19-13-24-20(14-23-19)16-26-28(2)22(30)18-11-7-4-8-12-18/h3-16H,1-2H3/b25-15+,26-16+. The molecule has 8 heteroatoms. The first kappa shape index (κ1) is 20.5. The zero-order chi connectivity index (χ0) is 21.3. The van der Waals surface area contributed by atoms with Gasteiger partial charge in [-0.05, 0) is 24.3 Å². The lowest BCUT2D eigenvalue weighted by atomic mass is 10.2. The van der Waals surface area contributed by atoms with Gasteiger partial charge in [-0.15, -0.1) is 0 Å². The number of hydrogen-bond donors (Lipinski definition) is 0. The van der Waals surface area contributed by atoms with Gasteiger partial charge in [-0.3, -0.25) is 19.6 Å². The molecule has 0 atom stereocenters. The molecule has 3 rings (SSSR count). The molecule has 2 amide bonds. The lowest BCUT2D eigenvalue weighted by Crippen LogP contribution is -2.21. The van der Waals surface area contributed by atoms with E-state index in [1.165, 1.54) is 34.8 Å². The molecule has 2 aromatic carbocycles. The molecule has 0 unspecified atom stereocenters. The van der Waals surface area contributed by atoms with Gasteiger partial charge in [-0.2, -0.15) is 10.2 Å². The third-order valence-electron chi connectivity index (χ3n) is 4.05. The van der Waals surface area contributed by atoms with E-state index in [9.17, 15) is 9.59 Å². The van der Waals surface area contributed by atoms with Crippen LogP contribution in [0.3, 0.4) is 0 Å². The van der Waals surface area contributed by atoms with Crippen molar-refractivity contribution >= 4 is 24.2 Å². The van der Waals surface area contributed by atoms with E-state index in [1.54, 1.807) is 62.6 Å². The predicted molar refractivity (Wildman–Crippen MR) is 114 cm³/mol. The molecule has 0 saturated heterocycles. The molecule has 8 nitrogen and oxygen atoms in total. The lowest BCUT2D eigenvalue weighted by Gasteiger charge is -2.10. The summed E-state index contributed by atoms with van der Waals surface area (Å²) < 4.78 is 0. The summed E-state index contributed by atoms with van der Waals surface area (Å²) in [4.78, 5) is 32.9. The molecule has 0 aliphatic rings. The lowest BCUT2D eigenvalue weighted by molar-refractivity contribution is 0.0793. The summed E-state index contributed by atoms with van der Waals surface area (Å²) in [7, 11) is 3.14. The van der Waals surface area contributed by atoms with E-state index in [0.717, 1.165) is 0 Å². The number of aromatic nitrogens is 2. The second kappa shape index (κ2) is 9.83. The van der Waals surface area contributed by atoms with Crippen molar-refractivity contribution in [1.29, 1.82) is 0 Å². The first-order valence-electron chi connectivity index (χ1n) is 9.11. The van der Waals surface area contributed by atoms with E-state index in [1.807, 2.05) is 12.1 Å². The summed E-state index contributed by atoms with van der Waals surface area (Å²) in [6.07, 6.45) is 5.90. The van der Waals surface area contributed by atoms with Gasteiger partial charge in [0.2, 0.25) is 0 Å². The topological polar surface area (TPSA) is 91.1 Å². The van der Waals surface area contributed by atoms with Crippen molar-refractivity contribution in [2.45, 2.75) is 0 Å². The molecule has 0 bridgehead atoms. The minimum absolute atomic E-state index is 0.227. The van der Waals surface area contributed by atoms with Crippen LogP contribution in [0.5, 0.6) is 0 Å². The third kappa shape index (κ3) is 5.41. The van der Waals surface area contributed by atoms with Gasteiger partial charge in [-0.1, -0.05) is 36.4 Å². The van der Waals surface area contributed by atoms with Gasteiger partial charge in [0.15, 0.2) is 0 Å². The Balaban J connectivity index is 1.59. The van der Waals surface area contributed by atoms with Gasteiger partial charge < -0.3 is 0 Å². The molecule has 0 aliphatic heterocycles. The Morgan fingerprint density at radius 3 is 1.40 bits per heavy atom. The maximum absolute atomic E-state index is 12.3. The van der Waals surface area contributed by atoms with Crippen LogP contribution in [0.15, 0.2) is 83.3 Å². The first-order chi connectivity index (χ1) is 14.5. The Bertz CT molecular complexity index is 964. The van der Waals surface area contributed by atoms with Crippen molar-refractivity contribution < 1.29 is 9.59 Å². The molecule has 150 valence electrons. The van der Waals surface area contributed by atoms with E-state index in [0.29, 0.717) is 22.5 Å². The maximum atomic E-state index is 12.3. The van der Waals surface area contributed by atoms with Crippen LogP contribution in [0.25, 0.3) is 0 Å².